The number of likely N-dealkylation sites (N-methyl/N-ethyl adjacent to an activating group) is 1. The number of cyclic esters (lactones) is 1. The minimum Gasteiger partial charge on any atom is -0.462 e. The fraction of sp³-hybridized carbons (Fsp3) is 0.209. The van der Waals surface area contributed by atoms with Crippen molar-refractivity contribution < 1.29 is 41.8 Å². The van der Waals surface area contributed by atoms with E-state index < -0.39 is 35.0 Å². The number of rotatable bonds is 10. The van der Waals surface area contributed by atoms with E-state index in [9.17, 15) is 32.3 Å². The molecule has 0 bridgehead atoms. The third-order valence-electron chi connectivity index (χ3n) is 9.07. The molecule has 0 aliphatic carbocycles. The first-order chi connectivity index (χ1) is 25.9. The number of hydrogen-bond donors (Lipinski definition) is 1. The fourth-order valence-corrected chi connectivity index (χ4v) is 5.95. The lowest BCUT2D eigenvalue weighted by Crippen LogP contribution is -2.62. The number of hydrogen-bond acceptors (Lipinski definition) is 6. The highest BCUT2D eigenvalue weighted by molar-refractivity contribution is 6.12. The standard InChI is InChI=1S/C29H22F3NO3.C14H17NO3/c1-19-17-22(28(35)36-18-20-7-3-2-4-8-20)13-16-26(19)33-27(34)25-10-6-5-9-24(25)21-11-14-23(15-12-21)29(30,31)32;1-3-15(4-2)12(16)14(10-18-13(14)17)11-8-6-5-7-9-11/h2-17H,18H2,1H3,(H,33,34);5-9H,3-4,10H2,1-2H3. The third kappa shape index (κ3) is 8.69. The van der Waals surface area contributed by atoms with Crippen molar-refractivity contribution in [3.05, 3.63) is 161 Å². The van der Waals surface area contributed by atoms with Crippen molar-refractivity contribution in [2.45, 2.75) is 39.0 Å². The van der Waals surface area contributed by atoms with E-state index in [0.717, 1.165) is 23.3 Å². The molecule has 1 aliphatic rings. The van der Waals surface area contributed by atoms with Crippen LogP contribution >= 0.6 is 0 Å². The van der Waals surface area contributed by atoms with Crippen LogP contribution in [0.5, 0.6) is 0 Å². The molecule has 6 rings (SSSR count). The summed E-state index contributed by atoms with van der Waals surface area (Å²) in [5, 5.41) is 2.83. The molecule has 1 N–H and O–H groups in total. The summed E-state index contributed by atoms with van der Waals surface area (Å²) in [5.74, 6) is -1.50. The Bertz CT molecular complexity index is 2100. The zero-order valence-corrected chi connectivity index (χ0v) is 30.0. The topological polar surface area (TPSA) is 102 Å². The average Bonchev–Trinajstić information content (AvgIpc) is 3.18. The molecule has 1 atom stereocenters. The molecule has 5 aromatic rings. The summed E-state index contributed by atoms with van der Waals surface area (Å²) in [7, 11) is 0. The summed E-state index contributed by atoms with van der Waals surface area (Å²) < 4.78 is 49.0. The number of carbonyl (C=O) groups is 4. The number of carbonyl (C=O) groups excluding carboxylic acids is 4. The van der Waals surface area contributed by atoms with E-state index in [1.54, 1.807) is 54.3 Å². The molecule has 278 valence electrons. The van der Waals surface area contributed by atoms with Crippen LogP contribution in [0, 0.1) is 6.92 Å². The second-order valence-electron chi connectivity index (χ2n) is 12.5. The number of ether oxygens (including phenoxy) is 2. The first-order valence-corrected chi connectivity index (χ1v) is 17.3. The van der Waals surface area contributed by atoms with Crippen molar-refractivity contribution in [1.29, 1.82) is 0 Å². The maximum atomic E-state index is 13.1. The van der Waals surface area contributed by atoms with Gasteiger partial charge in [-0.3, -0.25) is 14.4 Å². The number of amides is 2. The van der Waals surface area contributed by atoms with Gasteiger partial charge in [0, 0.05) is 24.3 Å². The lowest BCUT2D eigenvalue weighted by molar-refractivity contribution is -0.181. The molecule has 0 aromatic heterocycles. The van der Waals surface area contributed by atoms with Crippen LogP contribution in [0.25, 0.3) is 11.1 Å². The number of anilines is 1. The largest absolute Gasteiger partial charge is 0.462 e. The molecule has 1 aliphatic heterocycles. The third-order valence-corrected chi connectivity index (χ3v) is 9.07. The van der Waals surface area contributed by atoms with Gasteiger partial charge in [0.1, 0.15) is 13.2 Å². The van der Waals surface area contributed by atoms with Gasteiger partial charge >= 0.3 is 18.1 Å². The molecule has 11 heteroatoms. The van der Waals surface area contributed by atoms with Crippen molar-refractivity contribution in [3.63, 3.8) is 0 Å². The van der Waals surface area contributed by atoms with Crippen molar-refractivity contribution in [2.24, 2.45) is 0 Å². The Kier molecular flexibility index (Phi) is 12.3. The van der Waals surface area contributed by atoms with E-state index in [4.69, 9.17) is 9.47 Å². The molecule has 5 aromatic carbocycles. The van der Waals surface area contributed by atoms with E-state index in [1.807, 2.05) is 74.5 Å². The van der Waals surface area contributed by atoms with Gasteiger partial charge in [0.2, 0.25) is 11.3 Å². The van der Waals surface area contributed by atoms with Crippen LogP contribution in [0.3, 0.4) is 0 Å². The Labute approximate surface area is 311 Å². The van der Waals surface area contributed by atoms with Gasteiger partial charge in [-0.25, -0.2) is 4.79 Å². The van der Waals surface area contributed by atoms with E-state index in [1.165, 1.54) is 12.1 Å². The van der Waals surface area contributed by atoms with Crippen molar-refractivity contribution in [2.75, 3.05) is 25.0 Å². The van der Waals surface area contributed by atoms with Gasteiger partial charge in [-0.2, -0.15) is 13.2 Å². The molecule has 1 heterocycles. The summed E-state index contributed by atoms with van der Waals surface area (Å²) >= 11 is 0. The van der Waals surface area contributed by atoms with Crippen LogP contribution < -0.4 is 5.32 Å². The molecular formula is C43H39F3N2O6. The first kappa shape index (κ1) is 39.0. The van der Waals surface area contributed by atoms with Crippen LogP contribution in [-0.2, 0) is 37.3 Å². The molecule has 0 saturated carbocycles. The molecule has 8 nitrogen and oxygen atoms in total. The molecule has 0 spiro atoms. The minimum atomic E-state index is -4.44. The highest BCUT2D eigenvalue weighted by Gasteiger charge is 2.58. The van der Waals surface area contributed by atoms with Gasteiger partial charge < -0.3 is 19.7 Å². The summed E-state index contributed by atoms with van der Waals surface area (Å²) in [5.41, 5.74) is 2.53. The SMILES string of the molecule is CCN(CC)C(=O)C1(c2ccccc2)COC1=O.Cc1cc(C(=O)OCc2ccccc2)ccc1NC(=O)c1ccccc1-c1ccc(C(F)(F)F)cc1. The quantitative estimate of drug-likeness (QED) is 0.114. The zero-order chi connectivity index (χ0) is 38.9. The van der Waals surface area contributed by atoms with Gasteiger partial charge in [0.15, 0.2) is 0 Å². The number of alkyl halides is 3. The number of aryl methyl sites for hydroxylation is 1. The van der Waals surface area contributed by atoms with Crippen LogP contribution in [0.4, 0.5) is 18.9 Å². The minimum absolute atomic E-state index is 0.144. The lowest BCUT2D eigenvalue weighted by Gasteiger charge is -2.40. The molecule has 2 amide bonds. The second kappa shape index (κ2) is 17.1. The van der Waals surface area contributed by atoms with Gasteiger partial charge in [-0.05, 0) is 85.0 Å². The highest BCUT2D eigenvalue weighted by atomic mass is 19.4. The Morgan fingerprint density at radius 2 is 1.43 bits per heavy atom. The number of halogens is 3. The lowest BCUT2D eigenvalue weighted by atomic mass is 9.76. The van der Waals surface area contributed by atoms with Gasteiger partial charge in [0.25, 0.3) is 5.91 Å². The van der Waals surface area contributed by atoms with Gasteiger partial charge in [-0.15, -0.1) is 0 Å². The van der Waals surface area contributed by atoms with Gasteiger partial charge in [0.05, 0.1) is 11.1 Å². The molecule has 1 unspecified atom stereocenters. The number of esters is 2. The molecule has 1 saturated heterocycles. The first-order valence-electron chi connectivity index (χ1n) is 17.3. The molecule has 54 heavy (non-hydrogen) atoms. The molecule has 1 fully saturated rings. The van der Waals surface area contributed by atoms with Crippen molar-refractivity contribution >= 4 is 29.4 Å². The Balaban J connectivity index is 0.000000260. The van der Waals surface area contributed by atoms with Crippen molar-refractivity contribution in [3.8, 4) is 11.1 Å². The van der Waals surface area contributed by atoms with Crippen LogP contribution in [0.1, 0.15) is 56.8 Å². The Morgan fingerprint density at radius 1 is 0.815 bits per heavy atom. The maximum Gasteiger partial charge on any atom is 0.416 e. The summed E-state index contributed by atoms with van der Waals surface area (Å²) in [6.07, 6.45) is -4.44. The van der Waals surface area contributed by atoms with E-state index >= 15 is 0 Å². The van der Waals surface area contributed by atoms with Crippen LogP contribution in [0.15, 0.2) is 127 Å². The van der Waals surface area contributed by atoms with Crippen LogP contribution in [0.2, 0.25) is 0 Å². The van der Waals surface area contributed by atoms with E-state index in [0.29, 0.717) is 46.6 Å². The monoisotopic (exact) mass is 736 g/mol. The summed E-state index contributed by atoms with van der Waals surface area (Å²) in [4.78, 5) is 51.6. The smallest absolute Gasteiger partial charge is 0.416 e. The molecular weight excluding hydrogens is 697 g/mol. The normalized spacial score (nSPS) is 14.7. The number of nitrogens with zero attached hydrogens (tertiary/aromatic N) is 1. The Hall–Kier alpha value is -6.23. The maximum absolute atomic E-state index is 13.1. The highest BCUT2D eigenvalue weighted by Crippen LogP contribution is 2.36. The predicted octanol–water partition coefficient (Wildman–Crippen LogP) is 8.64. The summed E-state index contributed by atoms with van der Waals surface area (Å²) in [6, 6.07) is 34.6. The van der Waals surface area contributed by atoms with Gasteiger partial charge in [-0.1, -0.05) is 91.0 Å². The second-order valence-corrected chi connectivity index (χ2v) is 12.5. The zero-order valence-electron chi connectivity index (χ0n) is 30.0. The van der Waals surface area contributed by atoms with E-state index in [2.05, 4.69) is 5.32 Å². The Morgan fingerprint density at radius 3 is 1.98 bits per heavy atom. The molecule has 0 radical (unpaired) electrons. The van der Waals surface area contributed by atoms with E-state index in [-0.39, 0.29) is 19.1 Å². The number of benzene rings is 5. The predicted molar refractivity (Wildman–Crippen MR) is 199 cm³/mol. The van der Waals surface area contributed by atoms with Crippen molar-refractivity contribution in [1.82, 2.24) is 4.90 Å². The average molecular weight is 737 g/mol. The number of nitrogens with one attached hydrogen (secondary N) is 1. The van der Waals surface area contributed by atoms with Crippen LogP contribution in [-0.4, -0.2) is 48.3 Å². The summed E-state index contributed by atoms with van der Waals surface area (Å²) in [6.45, 7) is 7.05. The fourth-order valence-electron chi connectivity index (χ4n) is 5.95.